The molecule has 0 aliphatic heterocycles. The third-order valence-corrected chi connectivity index (χ3v) is 2.90. The fraction of sp³-hybridized carbons (Fsp3) is 0.214. The molecule has 1 amide bonds. The molecule has 104 valence electrons. The van der Waals surface area contributed by atoms with Crippen LogP contribution in [0.4, 0.5) is 0 Å². The van der Waals surface area contributed by atoms with Crippen molar-refractivity contribution in [2.45, 2.75) is 19.9 Å². The topological polar surface area (TPSA) is 74.8 Å². The van der Waals surface area contributed by atoms with Gasteiger partial charge in [-0.2, -0.15) is 0 Å². The summed E-state index contributed by atoms with van der Waals surface area (Å²) in [7, 11) is 0. The van der Waals surface area contributed by atoms with Crippen molar-refractivity contribution in [3.05, 3.63) is 62.8 Å². The van der Waals surface area contributed by atoms with Crippen LogP contribution >= 0.6 is 11.6 Å². The number of rotatable bonds is 4. The Kier molecular flexibility index (Phi) is 4.53. The zero-order chi connectivity index (χ0) is 14.5. The van der Waals surface area contributed by atoms with Gasteiger partial charge in [0.05, 0.1) is 13.0 Å². The monoisotopic (exact) mass is 291 g/mol. The molecule has 1 aromatic heterocycles. The van der Waals surface area contributed by atoms with E-state index in [0.717, 1.165) is 5.56 Å². The van der Waals surface area contributed by atoms with E-state index in [9.17, 15) is 9.59 Å². The molecule has 0 bridgehead atoms. The highest BCUT2D eigenvalue weighted by molar-refractivity contribution is 6.30. The molecule has 0 spiro atoms. The SMILES string of the molecule is Cc1cc(=O)[nH]c(CNC(=O)Cc2ccc(Cl)cc2)n1. The number of halogens is 1. The number of H-pyrrole nitrogens is 1. The number of hydrogen-bond donors (Lipinski definition) is 2. The van der Waals surface area contributed by atoms with Crippen molar-refractivity contribution in [1.82, 2.24) is 15.3 Å². The molecule has 2 aromatic rings. The van der Waals surface area contributed by atoms with Crippen molar-refractivity contribution in [3.63, 3.8) is 0 Å². The van der Waals surface area contributed by atoms with E-state index in [0.29, 0.717) is 16.5 Å². The third kappa shape index (κ3) is 4.20. The molecule has 6 heteroatoms. The van der Waals surface area contributed by atoms with Crippen LogP contribution in [0.2, 0.25) is 5.02 Å². The highest BCUT2D eigenvalue weighted by atomic mass is 35.5. The fourth-order valence-electron chi connectivity index (χ4n) is 1.76. The molecule has 2 N–H and O–H groups in total. The molecule has 1 heterocycles. The minimum Gasteiger partial charge on any atom is -0.349 e. The Morgan fingerprint density at radius 3 is 2.70 bits per heavy atom. The van der Waals surface area contributed by atoms with Gasteiger partial charge in [-0.15, -0.1) is 0 Å². The second-order valence-electron chi connectivity index (χ2n) is 4.41. The maximum Gasteiger partial charge on any atom is 0.251 e. The third-order valence-electron chi connectivity index (χ3n) is 2.65. The van der Waals surface area contributed by atoms with Gasteiger partial charge in [-0.3, -0.25) is 9.59 Å². The average molecular weight is 292 g/mol. The molecule has 0 aliphatic carbocycles. The maximum absolute atomic E-state index is 11.8. The lowest BCUT2D eigenvalue weighted by Gasteiger charge is -2.05. The second kappa shape index (κ2) is 6.34. The molecule has 0 unspecified atom stereocenters. The number of aromatic nitrogens is 2. The number of nitrogens with zero attached hydrogens (tertiary/aromatic N) is 1. The Labute approximate surface area is 121 Å². The van der Waals surface area contributed by atoms with Crippen LogP contribution in [0.5, 0.6) is 0 Å². The van der Waals surface area contributed by atoms with Gasteiger partial charge < -0.3 is 10.3 Å². The van der Waals surface area contributed by atoms with E-state index in [4.69, 9.17) is 11.6 Å². The molecule has 1 aromatic carbocycles. The first-order valence-electron chi connectivity index (χ1n) is 6.11. The van der Waals surface area contributed by atoms with Crippen LogP contribution in [-0.4, -0.2) is 15.9 Å². The number of carbonyl (C=O) groups excluding carboxylic acids is 1. The summed E-state index contributed by atoms with van der Waals surface area (Å²) in [5.74, 6) is 0.302. The number of benzene rings is 1. The van der Waals surface area contributed by atoms with Gasteiger partial charge >= 0.3 is 0 Å². The number of carbonyl (C=O) groups is 1. The van der Waals surface area contributed by atoms with Crippen molar-refractivity contribution in [2.24, 2.45) is 0 Å². The van der Waals surface area contributed by atoms with Crippen molar-refractivity contribution >= 4 is 17.5 Å². The van der Waals surface area contributed by atoms with Crippen molar-refractivity contribution < 1.29 is 4.79 Å². The standard InChI is InChI=1S/C14H14ClN3O2/c1-9-6-14(20)18-12(17-9)8-16-13(19)7-10-2-4-11(15)5-3-10/h2-6H,7-8H2,1H3,(H,16,19)(H,17,18,20). The number of nitrogens with one attached hydrogen (secondary N) is 2. The highest BCUT2D eigenvalue weighted by Gasteiger charge is 2.05. The number of aromatic amines is 1. The normalized spacial score (nSPS) is 10.3. The van der Waals surface area contributed by atoms with E-state index in [-0.39, 0.29) is 24.4 Å². The average Bonchev–Trinajstić information content (AvgIpc) is 2.38. The van der Waals surface area contributed by atoms with Crippen molar-refractivity contribution in [3.8, 4) is 0 Å². The van der Waals surface area contributed by atoms with E-state index in [1.54, 1.807) is 31.2 Å². The largest absolute Gasteiger partial charge is 0.349 e. The Morgan fingerprint density at radius 1 is 1.35 bits per heavy atom. The molecule has 0 fully saturated rings. The predicted octanol–water partition coefficient (Wildman–Crippen LogP) is 1.59. The minimum absolute atomic E-state index is 0.142. The first kappa shape index (κ1) is 14.3. The lowest BCUT2D eigenvalue weighted by Crippen LogP contribution is -2.27. The number of aryl methyl sites for hydroxylation is 1. The van der Waals surface area contributed by atoms with Crippen LogP contribution in [0.25, 0.3) is 0 Å². The number of amides is 1. The zero-order valence-electron chi connectivity index (χ0n) is 10.9. The minimum atomic E-state index is -0.223. The Bertz CT molecular complexity index is 665. The van der Waals surface area contributed by atoms with E-state index < -0.39 is 0 Å². The summed E-state index contributed by atoms with van der Waals surface area (Å²) < 4.78 is 0. The molecule has 5 nitrogen and oxygen atoms in total. The summed E-state index contributed by atoms with van der Waals surface area (Å²) in [4.78, 5) is 29.7. The van der Waals surface area contributed by atoms with Gasteiger partial charge in [-0.05, 0) is 24.6 Å². The summed E-state index contributed by atoms with van der Waals surface area (Å²) in [5.41, 5.74) is 1.27. The molecule has 0 radical (unpaired) electrons. The molecule has 0 atom stereocenters. The van der Waals surface area contributed by atoms with E-state index in [1.807, 2.05) is 0 Å². The Hall–Kier alpha value is -2.14. The van der Waals surface area contributed by atoms with Gasteiger partial charge in [-0.1, -0.05) is 23.7 Å². The van der Waals surface area contributed by atoms with Crippen LogP contribution in [0.3, 0.4) is 0 Å². The van der Waals surface area contributed by atoms with Crippen LogP contribution in [0.1, 0.15) is 17.1 Å². The lowest BCUT2D eigenvalue weighted by atomic mass is 10.1. The molecule has 2 rings (SSSR count). The zero-order valence-corrected chi connectivity index (χ0v) is 11.7. The van der Waals surface area contributed by atoms with Crippen LogP contribution in [0.15, 0.2) is 35.1 Å². The van der Waals surface area contributed by atoms with Gasteiger partial charge in [0.15, 0.2) is 0 Å². The van der Waals surface area contributed by atoms with Crippen LogP contribution in [0, 0.1) is 6.92 Å². The molecular weight excluding hydrogens is 278 g/mol. The van der Waals surface area contributed by atoms with Gasteiger partial charge in [-0.25, -0.2) is 4.98 Å². The summed E-state index contributed by atoms with van der Waals surface area (Å²) >= 11 is 5.78. The molecule has 0 saturated carbocycles. The van der Waals surface area contributed by atoms with E-state index in [1.165, 1.54) is 6.07 Å². The van der Waals surface area contributed by atoms with E-state index >= 15 is 0 Å². The maximum atomic E-state index is 11.8. The molecule has 0 aliphatic rings. The molecule has 20 heavy (non-hydrogen) atoms. The van der Waals surface area contributed by atoms with E-state index in [2.05, 4.69) is 15.3 Å². The molecule has 0 saturated heterocycles. The van der Waals surface area contributed by atoms with Gasteiger partial charge in [0.2, 0.25) is 5.91 Å². The Balaban J connectivity index is 1.92. The fourth-order valence-corrected chi connectivity index (χ4v) is 1.88. The van der Waals surface area contributed by atoms with Crippen molar-refractivity contribution in [2.75, 3.05) is 0 Å². The van der Waals surface area contributed by atoms with Gasteiger partial charge in [0.1, 0.15) is 5.82 Å². The summed E-state index contributed by atoms with van der Waals surface area (Å²) in [6.45, 7) is 1.93. The smallest absolute Gasteiger partial charge is 0.251 e. The Morgan fingerprint density at radius 2 is 2.05 bits per heavy atom. The number of hydrogen-bond acceptors (Lipinski definition) is 3. The van der Waals surface area contributed by atoms with Crippen LogP contribution in [-0.2, 0) is 17.8 Å². The highest BCUT2D eigenvalue weighted by Crippen LogP contribution is 2.09. The predicted molar refractivity (Wildman–Crippen MR) is 76.6 cm³/mol. The summed E-state index contributed by atoms with van der Waals surface area (Å²) in [6.07, 6.45) is 0.257. The first-order chi connectivity index (χ1) is 9.52. The van der Waals surface area contributed by atoms with Gasteiger partial charge in [0.25, 0.3) is 5.56 Å². The summed E-state index contributed by atoms with van der Waals surface area (Å²) in [5, 5.41) is 3.35. The summed E-state index contributed by atoms with van der Waals surface area (Å²) in [6, 6.07) is 8.48. The first-order valence-corrected chi connectivity index (χ1v) is 6.49. The second-order valence-corrected chi connectivity index (χ2v) is 4.85. The molecular formula is C14H14ClN3O2. The van der Waals surface area contributed by atoms with Gasteiger partial charge in [0, 0.05) is 16.8 Å². The van der Waals surface area contributed by atoms with Crippen LogP contribution < -0.4 is 10.9 Å². The quantitative estimate of drug-likeness (QED) is 0.898. The lowest BCUT2D eigenvalue weighted by molar-refractivity contribution is -0.120. The van der Waals surface area contributed by atoms with Crippen molar-refractivity contribution in [1.29, 1.82) is 0 Å².